The van der Waals surface area contributed by atoms with E-state index in [0.29, 0.717) is 29.5 Å². The van der Waals surface area contributed by atoms with Crippen molar-refractivity contribution in [3.63, 3.8) is 0 Å². The highest BCUT2D eigenvalue weighted by Gasteiger charge is 2.52. The number of anilines is 2. The van der Waals surface area contributed by atoms with Crippen LogP contribution in [0.15, 0.2) is 48.7 Å². The second kappa shape index (κ2) is 4.95. The molecule has 5 atom stereocenters. The maximum absolute atomic E-state index is 6.08. The molecule has 1 aliphatic heterocycles. The molecular weight excluding hydrogens is 348 g/mol. The average Bonchev–Trinajstić information content (AvgIpc) is 3.51. The van der Waals surface area contributed by atoms with Crippen LogP contribution < -0.4 is 11.1 Å². The first-order chi connectivity index (χ1) is 13.8. The van der Waals surface area contributed by atoms with E-state index in [1.807, 2.05) is 6.20 Å². The van der Waals surface area contributed by atoms with Crippen LogP contribution in [0.5, 0.6) is 0 Å². The number of nitrogens with one attached hydrogen (secondary N) is 3. The normalized spacial score (nSPS) is 29.9. The minimum absolute atomic E-state index is 0.264. The predicted molar refractivity (Wildman–Crippen MR) is 110 cm³/mol. The zero-order chi connectivity index (χ0) is 18.4. The summed E-state index contributed by atoms with van der Waals surface area (Å²) < 4.78 is 0. The Hall–Kier alpha value is -3.28. The summed E-state index contributed by atoms with van der Waals surface area (Å²) in [5.41, 5.74) is 12.2. The fraction of sp³-hybridized carbons (Fsp3) is 0.273. The van der Waals surface area contributed by atoms with E-state index < -0.39 is 0 Å². The molecule has 138 valence electrons. The molecule has 3 heterocycles. The summed E-state index contributed by atoms with van der Waals surface area (Å²) >= 11 is 0. The summed E-state index contributed by atoms with van der Waals surface area (Å²) in [4.78, 5) is 0. The molecule has 1 saturated carbocycles. The van der Waals surface area contributed by atoms with Gasteiger partial charge in [-0.25, -0.2) is 0 Å². The van der Waals surface area contributed by atoms with E-state index in [-0.39, 0.29) is 6.04 Å². The van der Waals surface area contributed by atoms with Crippen molar-refractivity contribution in [3.05, 3.63) is 59.8 Å². The monoisotopic (exact) mass is 368 g/mol. The van der Waals surface area contributed by atoms with Crippen molar-refractivity contribution >= 4 is 33.3 Å². The number of benzene rings is 2. The summed E-state index contributed by atoms with van der Waals surface area (Å²) in [5.74, 6) is 2.85. The van der Waals surface area contributed by atoms with Crippen LogP contribution in [-0.2, 0) is 0 Å². The van der Waals surface area contributed by atoms with Gasteiger partial charge in [-0.3, -0.25) is 10.2 Å². The van der Waals surface area contributed by atoms with Crippen molar-refractivity contribution in [2.24, 2.45) is 17.8 Å². The minimum atomic E-state index is 0.264. The zero-order valence-electron chi connectivity index (χ0n) is 15.2. The van der Waals surface area contributed by atoms with Gasteiger partial charge in [0, 0.05) is 16.5 Å². The smallest absolute Gasteiger partial charge is 0.153 e. The molecule has 2 aliphatic carbocycles. The Bertz CT molecular complexity index is 1280. The maximum Gasteiger partial charge on any atom is 0.153 e. The van der Waals surface area contributed by atoms with E-state index in [1.165, 1.54) is 28.6 Å². The topological polar surface area (TPSA) is 95.4 Å². The number of H-pyrrole nitrogens is 2. The Morgan fingerprint density at radius 2 is 1.82 bits per heavy atom. The fourth-order valence-corrected chi connectivity index (χ4v) is 6.06. The van der Waals surface area contributed by atoms with Crippen LogP contribution in [0, 0.1) is 17.8 Å². The number of nitrogen functional groups attached to an aromatic ring is 1. The van der Waals surface area contributed by atoms with Gasteiger partial charge in [0.25, 0.3) is 0 Å². The van der Waals surface area contributed by atoms with E-state index in [4.69, 9.17) is 5.73 Å². The van der Waals surface area contributed by atoms with Gasteiger partial charge in [0.15, 0.2) is 5.82 Å². The lowest BCUT2D eigenvalue weighted by Gasteiger charge is -2.42. The number of aromatic amines is 2. The third-order valence-corrected chi connectivity index (χ3v) is 7.19. The number of allylic oxidation sites excluding steroid dienone is 2. The van der Waals surface area contributed by atoms with Crippen LogP contribution in [0.3, 0.4) is 0 Å². The van der Waals surface area contributed by atoms with Crippen molar-refractivity contribution in [1.82, 2.24) is 20.4 Å². The molecular formula is C22H20N6. The van der Waals surface area contributed by atoms with Gasteiger partial charge >= 0.3 is 0 Å². The van der Waals surface area contributed by atoms with Gasteiger partial charge < -0.3 is 11.1 Å². The number of nitrogens with zero attached hydrogens (tertiary/aromatic N) is 2. The van der Waals surface area contributed by atoms with Crippen molar-refractivity contribution in [3.8, 4) is 0 Å². The number of nitrogens with two attached hydrogens (primary N) is 1. The molecule has 0 spiro atoms. The highest BCUT2D eigenvalue weighted by Crippen LogP contribution is 2.62. The number of hydrogen-bond acceptors (Lipinski definition) is 4. The Morgan fingerprint density at radius 3 is 2.79 bits per heavy atom. The Morgan fingerprint density at radius 1 is 0.964 bits per heavy atom. The molecule has 7 rings (SSSR count). The van der Waals surface area contributed by atoms with Crippen molar-refractivity contribution < 1.29 is 0 Å². The molecule has 0 amide bonds. The van der Waals surface area contributed by atoms with Gasteiger partial charge in [-0.05, 0) is 65.5 Å². The summed E-state index contributed by atoms with van der Waals surface area (Å²) in [7, 11) is 0. The minimum Gasteiger partial charge on any atom is -0.382 e. The molecule has 28 heavy (non-hydrogen) atoms. The number of fused-ring (bicyclic) bond motifs is 10. The lowest BCUT2D eigenvalue weighted by atomic mass is 9.69. The highest BCUT2D eigenvalue weighted by atomic mass is 15.1. The number of rotatable bonds is 1. The zero-order valence-corrected chi connectivity index (χ0v) is 15.2. The number of aromatic nitrogens is 4. The van der Waals surface area contributed by atoms with Gasteiger partial charge in [-0.2, -0.15) is 10.2 Å². The van der Waals surface area contributed by atoms with E-state index >= 15 is 0 Å². The Kier molecular flexibility index (Phi) is 2.61. The van der Waals surface area contributed by atoms with Crippen molar-refractivity contribution in [2.75, 3.05) is 11.1 Å². The van der Waals surface area contributed by atoms with Crippen LogP contribution in [0.1, 0.15) is 29.5 Å². The molecule has 3 aliphatic rings. The van der Waals surface area contributed by atoms with Crippen LogP contribution in [0.4, 0.5) is 11.5 Å². The first-order valence-electron chi connectivity index (χ1n) is 9.92. The highest BCUT2D eigenvalue weighted by molar-refractivity contribution is 5.90. The van der Waals surface area contributed by atoms with Gasteiger partial charge in [0.2, 0.25) is 0 Å². The van der Waals surface area contributed by atoms with E-state index in [2.05, 4.69) is 68.2 Å². The van der Waals surface area contributed by atoms with Crippen LogP contribution in [0.25, 0.3) is 21.8 Å². The summed E-state index contributed by atoms with van der Waals surface area (Å²) in [6, 6.07) is 11.1. The lowest BCUT2D eigenvalue weighted by Crippen LogP contribution is -2.34. The van der Waals surface area contributed by atoms with Crippen LogP contribution >= 0.6 is 0 Å². The first kappa shape index (κ1) is 14.7. The van der Waals surface area contributed by atoms with Gasteiger partial charge in [0.05, 0.1) is 23.3 Å². The maximum atomic E-state index is 6.08. The second-order valence-electron chi connectivity index (χ2n) is 8.45. The first-order valence-corrected chi connectivity index (χ1v) is 9.92. The van der Waals surface area contributed by atoms with Crippen molar-refractivity contribution in [1.29, 1.82) is 0 Å². The Balaban J connectivity index is 1.45. The van der Waals surface area contributed by atoms with Gasteiger partial charge in [-0.15, -0.1) is 0 Å². The molecule has 2 bridgehead atoms. The van der Waals surface area contributed by atoms with Crippen LogP contribution in [0.2, 0.25) is 0 Å². The molecule has 6 nitrogen and oxygen atoms in total. The molecule has 2 aromatic carbocycles. The summed E-state index contributed by atoms with van der Waals surface area (Å²) in [5, 5.41) is 20.8. The molecule has 6 heteroatoms. The number of hydrogen-bond donors (Lipinski definition) is 4. The predicted octanol–water partition coefficient (Wildman–Crippen LogP) is 4.09. The second-order valence-corrected chi connectivity index (χ2v) is 8.45. The van der Waals surface area contributed by atoms with E-state index in [0.717, 1.165) is 16.4 Å². The molecule has 4 aromatic rings. The summed E-state index contributed by atoms with van der Waals surface area (Å²) in [6.45, 7) is 0. The molecule has 5 N–H and O–H groups in total. The van der Waals surface area contributed by atoms with E-state index in [9.17, 15) is 0 Å². The molecule has 5 unspecified atom stereocenters. The SMILES string of the molecule is Nc1n[nH]c2ccc(C3Nc4ccc5[nH]ncc5c4C4C5C=CC(C5)C34)cc12. The Labute approximate surface area is 161 Å². The van der Waals surface area contributed by atoms with Gasteiger partial charge in [0.1, 0.15) is 0 Å². The van der Waals surface area contributed by atoms with Crippen molar-refractivity contribution in [2.45, 2.75) is 18.4 Å². The molecule has 2 aromatic heterocycles. The van der Waals surface area contributed by atoms with Crippen LogP contribution in [-0.4, -0.2) is 20.4 Å². The lowest BCUT2D eigenvalue weighted by molar-refractivity contribution is 0.335. The molecule has 0 radical (unpaired) electrons. The quantitative estimate of drug-likeness (QED) is 0.381. The molecule has 0 saturated heterocycles. The average molecular weight is 368 g/mol. The molecule has 1 fully saturated rings. The fourth-order valence-electron chi connectivity index (χ4n) is 6.06. The van der Waals surface area contributed by atoms with E-state index in [1.54, 1.807) is 0 Å². The third kappa shape index (κ3) is 1.73. The standard InChI is InChI=1S/C22H20N6/c23-22-13-8-12(3-4-15(13)27-28-22)21-19-11-2-1-10(7-11)18(19)20-14-9-24-26-16(14)5-6-17(20)25-21/h1-6,8-11,18-19,21,25H,7H2,(H,24,26)(H3,23,27,28). The summed E-state index contributed by atoms with van der Waals surface area (Å²) in [6.07, 6.45) is 8.11. The third-order valence-electron chi connectivity index (χ3n) is 7.19. The van der Waals surface area contributed by atoms with Gasteiger partial charge in [-0.1, -0.05) is 18.2 Å². The largest absolute Gasteiger partial charge is 0.382 e.